The first-order valence-corrected chi connectivity index (χ1v) is 11.2. The van der Waals surface area contributed by atoms with Crippen molar-refractivity contribution in [2.75, 3.05) is 6.54 Å². The number of aromatic nitrogens is 2. The minimum atomic E-state index is -4.56. The van der Waals surface area contributed by atoms with Crippen molar-refractivity contribution in [3.8, 4) is 0 Å². The monoisotopic (exact) mass is 479 g/mol. The molecule has 33 heavy (non-hydrogen) atoms. The minimum absolute atomic E-state index is 0.0639. The average molecular weight is 480 g/mol. The fourth-order valence-corrected chi connectivity index (χ4v) is 4.11. The van der Waals surface area contributed by atoms with Crippen molar-refractivity contribution in [1.82, 2.24) is 14.5 Å². The molecular formula is C24H25ClF3N3O2. The van der Waals surface area contributed by atoms with E-state index in [-0.39, 0.29) is 11.1 Å². The third kappa shape index (κ3) is 5.05. The maximum Gasteiger partial charge on any atom is 0.416 e. The molecule has 0 N–H and O–H groups in total. The number of alkyl halides is 3. The number of rotatable bonds is 7. The van der Waals surface area contributed by atoms with Crippen molar-refractivity contribution in [1.29, 1.82) is 0 Å². The lowest BCUT2D eigenvalue weighted by Gasteiger charge is -2.32. The standard InChI is InChI=1S/C24H25ClF3N3O2/c1-4-12-31(22(32)15-8-7-9-16(13-15)24(26,27)28)20(5-2)21-29-19-14-17(25)10-11-18(19)23(33)30(21)6-3/h7-11,13-14,20H,4-6,12H2,1-3H3. The zero-order valence-corrected chi connectivity index (χ0v) is 19.4. The Morgan fingerprint density at radius 3 is 2.48 bits per heavy atom. The molecule has 0 aliphatic carbocycles. The summed E-state index contributed by atoms with van der Waals surface area (Å²) in [5, 5.41) is 0.833. The van der Waals surface area contributed by atoms with Gasteiger partial charge in [0.25, 0.3) is 11.5 Å². The van der Waals surface area contributed by atoms with Gasteiger partial charge in [-0.1, -0.05) is 31.5 Å². The first-order chi connectivity index (χ1) is 15.6. The van der Waals surface area contributed by atoms with Crippen molar-refractivity contribution in [2.45, 2.75) is 52.4 Å². The van der Waals surface area contributed by atoms with Crippen LogP contribution in [-0.2, 0) is 12.7 Å². The summed E-state index contributed by atoms with van der Waals surface area (Å²) in [5.41, 5.74) is -0.795. The second-order valence-corrected chi connectivity index (χ2v) is 8.12. The van der Waals surface area contributed by atoms with E-state index in [9.17, 15) is 22.8 Å². The number of hydrogen-bond donors (Lipinski definition) is 0. The molecule has 0 aliphatic rings. The number of carbonyl (C=O) groups excluding carboxylic acids is 1. The molecule has 0 spiro atoms. The van der Waals surface area contributed by atoms with Crippen LogP contribution in [0, 0.1) is 0 Å². The van der Waals surface area contributed by atoms with Crippen LogP contribution in [0.2, 0.25) is 5.02 Å². The van der Waals surface area contributed by atoms with Crippen LogP contribution in [0.15, 0.2) is 47.3 Å². The molecule has 5 nitrogen and oxygen atoms in total. The minimum Gasteiger partial charge on any atom is -0.328 e. The van der Waals surface area contributed by atoms with Gasteiger partial charge in [-0.25, -0.2) is 4.98 Å². The predicted octanol–water partition coefficient (Wildman–Crippen LogP) is 6.09. The van der Waals surface area contributed by atoms with Gasteiger partial charge in [0.1, 0.15) is 5.82 Å². The van der Waals surface area contributed by atoms with Crippen LogP contribution in [0.1, 0.15) is 61.4 Å². The summed E-state index contributed by atoms with van der Waals surface area (Å²) in [7, 11) is 0. The van der Waals surface area contributed by atoms with Crippen molar-refractivity contribution in [3.05, 3.63) is 74.8 Å². The van der Waals surface area contributed by atoms with Gasteiger partial charge in [0.15, 0.2) is 0 Å². The van der Waals surface area contributed by atoms with Crippen molar-refractivity contribution in [3.63, 3.8) is 0 Å². The third-order valence-electron chi connectivity index (χ3n) is 5.49. The van der Waals surface area contributed by atoms with Crippen molar-refractivity contribution < 1.29 is 18.0 Å². The molecule has 0 aliphatic heterocycles. The molecular weight excluding hydrogens is 455 g/mol. The van der Waals surface area contributed by atoms with Gasteiger partial charge in [-0.05, 0) is 56.2 Å². The molecule has 1 heterocycles. The van der Waals surface area contributed by atoms with E-state index in [0.717, 1.165) is 12.1 Å². The zero-order valence-electron chi connectivity index (χ0n) is 18.6. The number of benzene rings is 2. The summed E-state index contributed by atoms with van der Waals surface area (Å²) < 4.78 is 41.1. The summed E-state index contributed by atoms with van der Waals surface area (Å²) >= 11 is 6.10. The van der Waals surface area contributed by atoms with E-state index in [4.69, 9.17) is 11.6 Å². The molecule has 0 fully saturated rings. The Balaban J connectivity index is 2.15. The van der Waals surface area contributed by atoms with Crippen LogP contribution < -0.4 is 5.56 Å². The molecule has 9 heteroatoms. The molecule has 3 aromatic rings. The van der Waals surface area contributed by atoms with Gasteiger partial charge in [-0.3, -0.25) is 14.2 Å². The highest BCUT2D eigenvalue weighted by Crippen LogP contribution is 2.31. The SMILES string of the molecule is CCCN(C(=O)c1cccc(C(F)(F)F)c1)C(CC)c1nc2cc(Cl)ccc2c(=O)n1CC. The molecule has 2 aromatic carbocycles. The molecule has 1 aromatic heterocycles. The summed E-state index contributed by atoms with van der Waals surface area (Å²) in [6.45, 7) is 6.15. The van der Waals surface area contributed by atoms with E-state index in [0.29, 0.717) is 47.7 Å². The fraction of sp³-hybridized carbons (Fsp3) is 0.375. The van der Waals surface area contributed by atoms with E-state index in [1.165, 1.54) is 21.6 Å². The molecule has 0 radical (unpaired) electrons. The molecule has 1 atom stereocenters. The molecule has 0 saturated carbocycles. The lowest BCUT2D eigenvalue weighted by molar-refractivity contribution is -0.137. The van der Waals surface area contributed by atoms with Crippen LogP contribution in [0.25, 0.3) is 10.9 Å². The van der Waals surface area contributed by atoms with Crippen molar-refractivity contribution >= 4 is 28.4 Å². The van der Waals surface area contributed by atoms with Gasteiger partial charge in [0.2, 0.25) is 0 Å². The Kier molecular flexibility index (Phi) is 7.47. The first-order valence-electron chi connectivity index (χ1n) is 10.8. The van der Waals surface area contributed by atoms with Crippen LogP contribution in [0.3, 0.4) is 0 Å². The second kappa shape index (κ2) is 9.95. The molecule has 176 valence electrons. The molecule has 1 amide bonds. The lowest BCUT2D eigenvalue weighted by Crippen LogP contribution is -2.39. The van der Waals surface area contributed by atoms with E-state index in [1.807, 2.05) is 13.8 Å². The second-order valence-electron chi connectivity index (χ2n) is 7.68. The normalized spacial score (nSPS) is 12.7. The number of nitrogens with zero attached hydrogens (tertiary/aromatic N) is 3. The summed E-state index contributed by atoms with van der Waals surface area (Å²) in [5.74, 6) is -0.161. The van der Waals surface area contributed by atoms with E-state index in [1.54, 1.807) is 25.1 Å². The highest BCUT2D eigenvalue weighted by Gasteiger charge is 2.33. The van der Waals surface area contributed by atoms with Crippen LogP contribution >= 0.6 is 11.6 Å². The Hall–Kier alpha value is -2.87. The highest BCUT2D eigenvalue weighted by molar-refractivity contribution is 6.31. The maximum absolute atomic E-state index is 13.4. The maximum atomic E-state index is 13.4. The number of amides is 1. The summed E-state index contributed by atoms with van der Waals surface area (Å²) in [4.78, 5) is 32.7. The molecule has 0 saturated heterocycles. The van der Waals surface area contributed by atoms with Crippen LogP contribution in [-0.4, -0.2) is 26.9 Å². The Morgan fingerprint density at radius 2 is 1.88 bits per heavy atom. The lowest BCUT2D eigenvalue weighted by atomic mass is 10.1. The number of fused-ring (bicyclic) bond motifs is 1. The quantitative estimate of drug-likeness (QED) is 0.412. The number of carbonyl (C=O) groups is 1. The summed E-state index contributed by atoms with van der Waals surface area (Å²) in [6, 6.07) is 8.59. The Morgan fingerprint density at radius 1 is 1.15 bits per heavy atom. The van der Waals surface area contributed by atoms with Crippen LogP contribution in [0.5, 0.6) is 0 Å². The van der Waals surface area contributed by atoms with Gasteiger partial charge in [0.05, 0.1) is 22.5 Å². The third-order valence-corrected chi connectivity index (χ3v) is 5.72. The smallest absolute Gasteiger partial charge is 0.328 e. The van der Waals surface area contributed by atoms with E-state index >= 15 is 0 Å². The summed E-state index contributed by atoms with van der Waals surface area (Å²) in [6.07, 6.45) is -3.56. The van der Waals surface area contributed by atoms with Gasteiger partial charge >= 0.3 is 6.18 Å². The topological polar surface area (TPSA) is 55.2 Å². The average Bonchev–Trinajstić information content (AvgIpc) is 2.78. The number of halogens is 4. The molecule has 1 unspecified atom stereocenters. The van der Waals surface area contributed by atoms with E-state index in [2.05, 4.69) is 4.98 Å². The van der Waals surface area contributed by atoms with E-state index < -0.39 is 23.7 Å². The predicted molar refractivity (Wildman–Crippen MR) is 122 cm³/mol. The first kappa shape index (κ1) is 24.8. The molecule has 0 bridgehead atoms. The van der Waals surface area contributed by atoms with Gasteiger partial charge in [-0.2, -0.15) is 13.2 Å². The fourth-order valence-electron chi connectivity index (χ4n) is 3.95. The van der Waals surface area contributed by atoms with Crippen molar-refractivity contribution in [2.24, 2.45) is 0 Å². The van der Waals surface area contributed by atoms with Gasteiger partial charge in [0, 0.05) is 23.7 Å². The van der Waals surface area contributed by atoms with Crippen LogP contribution in [0.4, 0.5) is 13.2 Å². The van der Waals surface area contributed by atoms with Gasteiger partial charge < -0.3 is 4.90 Å². The Labute approximate surface area is 194 Å². The molecule has 3 rings (SSSR count). The highest BCUT2D eigenvalue weighted by atomic mass is 35.5. The Bertz CT molecular complexity index is 1220. The zero-order chi connectivity index (χ0) is 24.3. The van der Waals surface area contributed by atoms with Gasteiger partial charge in [-0.15, -0.1) is 0 Å². The largest absolute Gasteiger partial charge is 0.416 e. The number of hydrogen-bond acceptors (Lipinski definition) is 3.